The first-order chi connectivity index (χ1) is 8.67. The van der Waals surface area contributed by atoms with Gasteiger partial charge in [-0.05, 0) is 18.4 Å². The number of carbonyl (C=O) groups excluding carboxylic acids is 2. The van der Waals surface area contributed by atoms with Crippen LogP contribution in [0, 0.1) is 0 Å². The Morgan fingerprint density at radius 1 is 1.50 bits per heavy atom. The Labute approximate surface area is 110 Å². The van der Waals surface area contributed by atoms with Crippen LogP contribution in [0.5, 0.6) is 0 Å². The predicted octanol–water partition coefficient (Wildman–Crippen LogP) is 1.50. The quantitative estimate of drug-likeness (QED) is 0.763. The number of esters is 1. The van der Waals surface area contributed by atoms with Crippen molar-refractivity contribution >= 4 is 23.2 Å². The molecule has 0 spiro atoms. The summed E-state index contributed by atoms with van der Waals surface area (Å²) < 4.78 is 9.64. The third-order valence-electron chi connectivity index (χ3n) is 2.26. The molecule has 1 heterocycles. The van der Waals surface area contributed by atoms with E-state index >= 15 is 0 Å². The second-order valence-electron chi connectivity index (χ2n) is 3.55. The third kappa shape index (κ3) is 4.85. The van der Waals surface area contributed by atoms with Crippen molar-refractivity contribution in [3.05, 3.63) is 22.4 Å². The molecule has 0 radical (unpaired) electrons. The number of nitrogens with one attached hydrogen (secondary N) is 1. The molecule has 100 valence electrons. The predicted molar refractivity (Wildman–Crippen MR) is 68.3 cm³/mol. The summed E-state index contributed by atoms with van der Waals surface area (Å²) in [4.78, 5) is 23.8. The fraction of sp³-hybridized carbons (Fsp3) is 0.500. The fourth-order valence-electron chi connectivity index (χ4n) is 1.39. The molecule has 1 atom stereocenters. The van der Waals surface area contributed by atoms with Crippen molar-refractivity contribution in [1.29, 1.82) is 0 Å². The number of amides is 1. The number of rotatable bonds is 7. The average molecular weight is 271 g/mol. The second kappa shape index (κ2) is 7.84. The van der Waals surface area contributed by atoms with Gasteiger partial charge in [0, 0.05) is 11.5 Å². The van der Waals surface area contributed by atoms with E-state index in [0.717, 1.165) is 4.88 Å². The highest BCUT2D eigenvalue weighted by Gasteiger charge is 2.19. The zero-order valence-corrected chi connectivity index (χ0v) is 11.3. The Morgan fingerprint density at radius 2 is 2.28 bits per heavy atom. The van der Waals surface area contributed by atoms with Gasteiger partial charge in [-0.3, -0.25) is 9.59 Å². The van der Waals surface area contributed by atoms with Crippen molar-refractivity contribution in [2.75, 3.05) is 20.3 Å². The lowest BCUT2D eigenvalue weighted by molar-refractivity contribution is -0.141. The molecule has 1 N–H and O–H groups in total. The van der Waals surface area contributed by atoms with Crippen molar-refractivity contribution in [3.63, 3.8) is 0 Å². The third-order valence-corrected chi connectivity index (χ3v) is 3.24. The fourth-order valence-corrected chi connectivity index (χ4v) is 2.17. The molecule has 0 saturated carbocycles. The van der Waals surface area contributed by atoms with Crippen molar-refractivity contribution in [2.24, 2.45) is 0 Å². The molecule has 0 aliphatic carbocycles. The second-order valence-corrected chi connectivity index (χ2v) is 4.53. The SMILES string of the molecule is CCOCC(=O)NC(CC(=O)OC)c1cccs1. The Hall–Kier alpha value is -1.40. The molecule has 5 nitrogen and oxygen atoms in total. The van der Waals surface area contributed by atoms with Crippen LogP contribution in [-0.4, -0.2) is 32.2 Å². The maximum Gasteiger partial charge on any atom is 0.307 e. The summed E-state index contributed by atoms with van der Waals surface area (Å²) >= 11 is 1.49. The number of hydrogen-bond donors (Lipinski definition) is 1. The molecule has 1 amide bonds. The smallest absolute Gasteiger partial charge is 0.307 e. The zero-order valence-electron chi connectivity index (χ0n) is 10.5. The molecule has 0 aliphatic heterocycles. The Bertz CT molecular complexity index is 377. The number of ether oxygens (including phenoxy) is 2. The lowest BCUT2D eigenvalue weighted by Crippen LogP contribution is -2.32. The molecule has 18 heavy (non-hydrogen) atoms. The van der Waals surface area contributed by atoms with E-state index in [4.69, 9.17) is 4.74 Å². The summed E-state index contributed by atoms with van der Waals surface area (Å²) in [5.41, 5.74) is 0. The summed E-state index contributed by atoms with van der Waals surface area (Å²) in [5, 5.41) is 4.66. The van der Waals surface area contributed by atoms with Crippen molar-refractivity contribution in [1.82, 2.24) is 5.32 Å². The molecule has 6 heteroatoms. The first kappa shape index (κ1) is 14.7. The van der Waals surface area contributed by atoms with E-state index in [2.05, 4.69) is 10.1 Å². The first-order valence-corrected chi connectivity index (χ1v) is 6.52. The molecule has 1 unspecified atom stereocenters. The van der Waals surface area contributed by atoms with Gasteiger partial charge in [-0.2, -0.15) is 0 Å². The monoisotopic (exact) mass is 271 g/mol. The van der Waals surface area contributed by atoms with Crippen LogP contribution in [0.4, 0.5) is 0 Å². The minimum Gasteiger partial charge on any atom is -0.469 e. The Kier molecular flexibility index (Phi) is 6.38. The normalized spacial score (nSPS) is 11.9. The first-order valence-electron chi connectivity index (χ1n) is 5.64. The lowest BCUT2D eigenvalue weighted by atomic mass is 10.1. The van der Waals surface area contributed by atoms with Crippen LogP contribution in [0.15, 0.2) is 17.5 Å². The maximum absolute atomic E-state index is 11.6. The molecular formula is C12H17NO4S. The summed E-state index contributed by atoms with van der Waals surface area (Å²) in [6.45, 7) is 2.30. The summed E-state index contributed by atoms with van der Waals surface area (Å²) in [6.07, 6.45) is 0.120. The van der Waals surface area contributed by atoms with E-state index in [-0.39, 0.29) is 30.9 Å². The maximum atomic E-state index is 11.6. The largest absolute Gasteiger partial charge is 0.469 e. The van der Waals surface area contributed by atoms with Crippen LogP contribution in [0.25, 0.3) is 0 Å². The van der Waals surface area contributed by atoms with Crippen molar-refractivity contribution in [2.45, 2.75) is 19.4 Å². The van der Waals surface area contributed by atoms with Crippen LogP contribution in [0.2, 0.25) is 0 Å². The summed E-state index contributed by atoms with van der Waals surface area (Å²) in [7, 11) is 1.33. The van der Waals surface area contributed by atoms with Crippen LogP contribution >= 0.6 is 11.3 Å². The van der Waals surface area contributed by atoms with Gasteiger partial charge >= 0.3 is 5.97 Å². The topological polar surface area (TPSA) is 64.6 Å². The zero-order chi connectivity index (χ0) is 13.4. The standard InChI is InChI=1S/C12H17NO4S/c1-3-17-8-11(14)13-9(7-12(15)16-2)10-5-4-6-18-10/h4-6,9H,3,7-8H2,1-2H3,(H,13,14). The Morgan fingerprint density at radius 3 is 2.83 bits per heavy atom. The Balaban J connectivity index is 2.60. The molecule has 0 bridgehead atoms. The molecule has 0 aliphatic rings. The molecule has 0 fully saturated rings. The summed E-state index contributed by atoms with van der Waals surface area (Å²) in [6, 6.07) is 3.39. The number of methoxy groups -OCH3 is 1. The van der Waals surface area contributed by atoms with E-state index in [1.165, 1.54) is 18.4 Å². The molecule has 1 aromatic heterocycles. The van der Waals surface area contributed by atoms with Crippen LogP contribution < -0.4 is 5.32 Å². The van der Waals surface area contributed by atoms with Gasteiger partial charge < -0.3 is 14.8 Å². The highest BCUT2D eigenvalue weighted by Crippen LogP contribution is 2.22. The lowest BCUT2D eigenvalue weighted by Gasteiger charge is -2.16. The van der Waals surface area contributed by atoms with Gasteiger partial charge in [0.2, 0.25) is 5.91 Å². The number of carbonyl (C=O) groups is 2. The van der Waals surface area contributed by atoms with Crippen LogP contribution in [0.1, 0.15) is 24.3 Å². The van der Waals surface area contributed by atoms with Gasteiger partial charge in [-0.15, -0.1) is 11.3 Å². The van der Waals surface area contributed by atoms with Gasteiger partial charge in [0.05, 0.1) is 19.6 Å². The van der Waals surface area contributed by atoms with Gasteiger partial charge in [0.15, 0.2) is 0 Å². The molecular weight excluding hydrogens is 254 g/mol. The molecule has 1 rings (SSSR count). The van der Waals surface area contributed by atoms with Gasteiger partial charge in [-0.1, -0.05) is 6.07 Å². The van der Waals surface area contributed by atoms with E-state index < -0.39 is 0 Å². The molecule has 1 aromatic rings. The number of thiophene rings is 1. The average Bonchev–Trinajstić information content (AvgIpc) is 2.89. The van der Waals surface area contributed by atoms with E-state index in [1.807, 2.05) is 24.4 Å². The minimum atomic E-state index is -0.356. The van der Waals surface area contributed by atoms with Crippen LogP contribution in [0.3, 0.4) is 0 Å². The van der Waals surface area contributed by atoms with Gasteiger partial charge in [0.25, 0.3) is 0 Å². The highest BCUT2D eigenvalue weighted by atomic mass is 32.1. The summed E-state index contributed by atoms with van der Waals surface area (Å²) in [5.74, 6) is -0.593. The van der Waals surface area contributed by atoms with E-state index in [9.17, 15) is 9.59 Å². The number of hydrogen-bond acceptors (Lipinski definition) is 5. The van der Waals surface area contributed by atoms with Gasteiger partial charge in [-0.25, -0.2) is 0 Å². The molecule has 0 aromatic carbocycles. The minimum absolute atomic E-state index is 0.000449. The van der Waals surface area contributed by atoms with Crippen LogP contribution in [-0.2, 0) is 19.1 Å². The van der Waals surface area contributed by atoms with Gasteiger partial charge in [0.1, 0.15) is 6.61 Å². The van der Waals surface area contributed by atoms with Crippen molar-refractivity contribution < 1.29 is 19.1 Å². The van der Waals surface area contributed by atoms with E-state index in [0.29, 0.717) is 6.61 Å². The van der Waals surface area contributed by atoms with E-state index in [1.54, 1.807) is 0 Å². The molecule has 0 saturated heterocycles. The highest BCUT2D eigenvalue weighted by molar-refractivity contribution is 7.10. The van der Waals surface area contributed by atoms with Crippen molar-refractivity contribution in [3.8, 4) is 0 Å².